The van der Waals surface area contributed by atoms with Gasteiger partial charge in [0.1, 0.15) is 0 Å². The Morgan fingerprint density at radius 1 is 1.15 bits per heavy atom. The van der Waals surface area contributed by atoms with Gasteiger partial charge in [-0.1, -0.05) is 29.8 Å². The van der Waals surface area contributed by atoms with Crippen LogP contribution in [0.4, 0.5) is 0 Å². The first-order chi connectivity index (χ1) is 12.7. The van der Waals surface area contributed by atoms with Gasteiger partial charge in [0.2, 0.25) is 5.89 Å². The second-order valence-corrected chi connectivity index (χ2v) is 7.92. The van der Waals surface area contributed by atoms with E-state index in [9.17, 15) is 0 Å². The maximum absolute atomic E-state index is 6.08. The smallest absolute Gasteiger partial charge is 0.257 e. The first-order valence-corrected chi connectivity index (χ1v) is 10.0. The average Bonchev–Trinajstić information content (AvgIpc) is 3.33. The fourth-order valence-electron chi connectivity index (χ4n) is 3.26. The molecule has 0 radical (unpaired) electrons. The van der Waals surface area contributed by atoms with Crippen molar-refractivity contribution in [3.63, 3.8) is 0 Å². The summed E-state index contributed by atoms with van der Waals surface area (Å²) in [6.07, 6.45) is 0. The second-order valence-electron chi connectivity index (χ2n) is 6.54. The standard InChI is InChI=1S/C19H21ClN4OS/c1-14(18-21-22-19(25-18)17-6-3-11-26-17)24-9-7-23(8-10-24)13-15-4-2-5-16(20)12-15/h2-6,11-12,14H,7-10,13H2,1H3/t14-/m1/s1. The molecule has 3 aromatic rings. The van der Waals surface area contributed by atoms with E-state index in [2.05, 4.69) is 33.0 Å². The maximum Gasteiger partial charge on any atom is 0.257 e. The average molecular weight is 389 g/mol. The summed E-state index contributed by atoms with van der Waals surface area (Å²) in [6, 6.07) is 12.2. The lowest BCUT2D eigenvalue weighted by molar-refractivity contribution is 0.0876. The topological polar surface area (TPSA) is 45.4 Å². The molecule has 0 spiro atoms. The third kappa shape index (κ3) is 3.99. The molecular weight excluding hydrogens is 368 g/mol. The Morgan fingerprint density at radius 3 is 2.73 bits per heavy atom. The molecule has 0 amide bonds. The molecule has 136 valence electrons. The molecule has 4 rings (SSSR count). The molecule has 1 atom stereocenters. The fourth-order valence-corrected chi connectivity index (χ4v) is 4.12. The molecule has 0 unspecified atom stereocenters. The van der Waals surface area contributed by atoms with Gasteiger partial charge in [-0.3, -0.25) is 9.80 Å². The Hall–Kier alpha value is -1.73. The quantitative estimate of drug-likeness (QED) is 0.651. The van der Waals surface area contributed by atoms with E-state index >= 15 is 0 Å². The Labute approximate surface area is 162 Å². The van der Waals surface area contributed by atoms with E-state index < -0.39 is 0 Å². The fraction of sp³-hybridized carbons (Fsp3) is 0.368. The molecule has 1 aliphatic rings. The third-order valence-electron chi connectivity index (χ3n) is 4.78. The van der Waals surface area contributed by atoms with Gasteiger partial charge in [-0.05, 0) is 36.1 Å². The SMILES string of the molecule is C[C@H](c1nnc(-c2cccs2)o1)N1CCN(Cc2cccc(Cl)c2)CC1. The van der Waals surface area contributed by atoms with Crippen LogP contribution in [0.25, 0.3) is 10.8 Å². The molecule has 3 heterocycles. The number of piperazine rings is 1. The number of hydrogen-bond donors (Lipinski definition) is 0. The van der Waals surface area contributed by atoms with Crippen molar-refractivity contribution in [3.8, 4) is 10.8 Å². The van der Waals surface area contributed by atoms with Crippen LogP contribution >= 0.6 is 22.9 Å². The number of halogens is 1. The van der Waals surface area contributed by atoms with E-state index in [4.69, 9.17) is 16.0 Å². The van der Waals surface area contributed by atoms with Crippen LogP contribution in [-0.4, -0.2) is 46.2 Å². The Kier molecular flexibility index (Phi) is 5.36. The lowest BCUT2D eigenvalue weighted by Crippen LogP contribution is -2.46. The summed E-state index contributed by atoms with van der Waals surface area (Å²) in [4.78, 5) is 5.88. The summed E-state index contributed by atoms with van der Waals surface area (Å²) < 4.78 is 5.90. The van der Waals surface area contributed by atoms with Crippen molar-refractivity contribution in [2.75, 3.05) is 26.2 Å². The zero-order chi connectivity index (χ0) is 17.9. The molecule has 1 fully saturated rings. The molecule has 0 N–H and O–H groups in total. The summed E-state index contributed by atoms with van der Waals surface area (Å²) in [6.45, 7) is 7.08. The van der Waals surface area contributed by atoms with Crippen LogP contribution in [0.5, 0.6) is 0 Å². The lowest BCUT2D eigenvalue weighted by Gasteiger charge is -2.36. The summed E-state index contributed by atoms with van der Waals surface area (Å²) in [5, 5.41) is 11.3. The number of benzene rings is 1. The van der Waals surface area contributed by atoms with Crippen molar-refractivity contribution in [2.45, 2.75) is 19.5 Å². The van der Waals surface area contributed by atoms with Crippen LogP contribution < -0.4 is 0 Å². The monoisotopic (exact) mass is 388 g/mol. The van der Waals surface area contributed by atoms with Gasteiger partial charge in [-0.25, -0.2) is 0 Å². The Morgan fingerprint density at radius 2 is 2.00 bits per heavy atom. The molecule has 0 aliphatic carbocycles. The van der Waals surface area contributed by atoms with Crippen LogP contribution in [0.1, 0.15) is 24.4 Å². The van der Waals surface area contributed by atoms with E-state index in [0.717, 1.165) is 42.6 Å². The van der Waals surface area contributed by atoms with Gasteiger partial charge in [0.05, 0.1) is 10.9 Å². The van der Waals surface area contributed by atoms with Crippen LogP contribution in [0, 0.1) is 0 Å². The van der Waals surface area contributed by atoms with Crippen LogP contribution in [0.2, 0.25) is 5.02 Å². The first-order valence-electron chi connectivity index (χ1n) is 8.77. The van der Waals surface area contributed by atoms with E-state index in [1.54, 1.807) is 11.3 Å². The Balaban J connectivity index is 1.34. The van der Waals surface area contributed by atoms with E-state index in [0.29, 0.717) is 11.8 Å². The Bertz CT molecular complexity index is 843. The van der Waals surface area contributed by atoms with Gasteiger partial charge < -0.3 is 4.42 Å². The summed E-state index contributed by atoms with van der Waals surface area (Å²) >= 11 is 7.70. The predicted octanol–water partition coefficient (Wildman–Crippen LogP) is 4.33. The first kappa shape index (κ1) is 17.7. The molecule has 1 aromatic carbocycles. The van der Waals surface area contributed by atoms with Crippen LogP contribution in [-0.2, 0) is 6.54 Å². The van der Waals surface area contributed by atoms with Crippen molar-refractivity contribution in [3.05, 3.63) is 58.3 Å². The van der Waals surface area contributed by atoms with Crippen molar-refractivity contribution in [1.29, 1.82) is 0 Å². The number of rotatable bonds is 5. The predicted molar refractivity (Wildman–Crippen MR) is 104 cm³/mol. The molecule has 0 bridgehead atoms. The summed E-state index contributed by atoms with van der Waals surface area (Å²) in [5.74, 6) is 1.30. The minimum absolute atomic E-state index is 0.129. The van der Waals surface area contributed by atoms with Crippen molar-refractivity contribution in [1.82, 2.24) is 20.0 Å². The van der Waals surface area contributed by atoms with Gasteiger partial charge in [-0.15, -0.1) is 21.5 Å². The third-order valence-corrected chi connectivity index (χ3v) is 5.87. The number of aromatic nitrogens is 2. The van der Waals surface area contributed by atoms with E-state index in [-0.39, 0.29) is 6.04 Å². The second kappa shape index (κ2) is 7.88. The van der Waals surface area contributed by atoms with E-state index in [1.165, 1.54) is 5.56 Å². The molecule has 1 aliphatic heterocycles. The minimum Gasteiger partial charge on any atom is -0.418 e. The van der Waals surface area contributed by atoms with Crippen molar-refractivity contribution >= 4 is 22.9 Å². The van der Waals surface area contributed by atoms with Gasteiger partial charge in [-0.2, -0.15) is 0 Å². The molecular formula is C19H21ClN4OS. The molecule has 2 aromatic heterocycles. The molecule has 0 saturated carbocycles. The molecule has 1 saturated heterocycles. The highest BCUT2D eigenvalue weighted by Crippen LogP contribution is 2.27. The number of hydrogen-bond acceptors (Lipinski definition) is 6. The molecule has 5 nitrogen and oxygen atoms in total. The lowest BCUT2D eigenvalue weighted by atomic mass is 10.2. The zero-order valence-electron chi connectivity index (χ0n) is 14.6. The van der Waals surface area contributed by atoms with E-state index in [1.807, 2.05) is 35.7 Å². The van der Waals surface area contributed by atoms with Crippen LogP contribution in [0.15, 0.2) is 46.2 Å². The highest BCUT2D eigenvalue weighted by atomic mass is 35.5. The van der Waals surface area contributed by atoms with Crippen molar-refractivity contribution in [2.24, 2.45) is 0 Å². The van der Waals surface area contributed by atoms with Gasteiger partial charge in [0.25, 0.3) is 5.89 Å². The molecule has 7 heteroatoms. The highest BCUT2D eigenvalue weighted by molar-refractivity contribution is 7.13. The summed E-state index contributed by atoms with van der Waals surface area (Å²) in [7, 11) is 0. The summed E-state index contributed by atoms with van der Waals surface area (Å²) in [5.41, 5.74) is 1.26. The highest BCUT2D eigenvalue weighted by Gasteiger charge is 2.26. The van der Waals surface area contributed by atoms with Crippen molar-refractivity contribution < 1.29 is 4.42 Å². The maximum atomic E-state index is 6.08. The van der Waals surface area contributed by atoms with Gasteiger partial charge >= 0.3 is 0 Å². The number of thiophene rings is 1. The van der Waals surface area contributed by atoms with Gasteiger partial charge in [0.15, 0.2) is 0 Å². The largest absolute Gasteiger partial charge is 0.418 e. The van der Waals surface area contributed by atoms with Gasteiger partial charge in [0, 0.05) is 37.7 Å². The van der Waals surface area contributed by atoms with Crippen LogP contribution in [0.3, 0.4) is 0 Å². The zero-order valence-corrected chi connectivity index (χ0v) is 16.2. The minimum atomic E-state index is 0.129. The number of nitrogens with zero attached hydrogens (tertiary/aromatic N) is 4. The normalized spacial score (nSPS) is 17.5. The molecule has 26 heavy (non-hydrogen) atoms.